The summed E-state index contributed by atoms with van der Waals surface area (Å²) in [5.41, 5.74) is 0.725. The van der Waals surface area contributed by atoms with Crippen LogP contribution in [0.5, 0.6) is 0 Å². The largest absolute Gasteiger partial charge is 0.381 e. The van der Waals surface area contributed by atoms with Crippen LogP contribution >= 0.6 is 11.3 Å². The van der Waals surface area contributed by atoms with E-state index in [1.54, 1.807) is 0 Å². The number of nitrogens with one attached hydrogen (secondary N) is 2. The molecule has 2 aromatic heterocycles. The lowest BCUT2D eigenvalue weighted by Crippen LogP contribution is -2.20. The van der Waals surface area contributed by atoms with Gasteiger partial charge in [-0.3, -0.25) is 4.79 Å². The summed E-state index contributed by atoms with van der Waals surface area (Å²) in [6.07, 6.45) is 3.26. The molecule has 0 fully saturated rings. The number of hydrogen-bond acceptors (Lipinski definition) is 5. The van der Waals surface area contributed by atoms with E-state index in [1.165, 1.54) is 17.8 Å². The summed E-state index contributed by atoms with van der Waals surface area (Å²) >= 11 is 1.42. The van der Waals surface area contributed by atoms with E-state index in [4.69, 9.17) is 4.74 Å². The second-order valence-electron chi connectivity index (χ2n) is 4.64. The summed E-state index contributed by atoms with van der Waals surface area (Å²) in [7, 11) is 0. The third-order valence-corrected chi connectivity index (χ3v) is 3.84. The fourth-order valence-corrected chi connectivity index (χ4v) is 2.59. The lowest BCUT2D eigenvalue weighted by Gasteiger charge is -2.05. The number of unbranched alkanes of at least 4 members (excludes halogenated alkanes) is 1. The van der Waals surface area contributed by atoms with E-state index in [0.717, 1.165) is 38.1 Å². The van der Waals surface area contributed by atoms with Crippen molar-refractivity contribution in [1.29, 1.82) is 0 Å². The van der Waals surface area contributed by atoms with Gasteiger partial charge in [-0.25, -0.2) is 4.98 Å². The molecule has 2 heterocycles. The molecule has 5 nitrogen and oxygen atoms in total. The lowest BCUT2D eigenvalue weighted by molar-refractivity contribution is 0.128. The Morgan fingerprint density at radius 1 is 1.40 bits per heavy atom. The van der Waals surface area contributed by atoms with Gasteiger partial charge in [0.05, 0.1) is 12.1 Å². The van der Waals surface area contributed by atoms with Crippen molar-refractivity contribution in [3.8, 4) is 0 Å². The molecule has 20 heavy (non-hydrogen) atoms. The van der Waals surface area contributed by atoms with Crippen LogP contribution in [0.4, 0.5) is 0 Å². The van der Waals surface area contributed by atoms with Gasteiger partial charge in [0.15, 0.2) is 0 Å². The number of aromatic amines is 1. The first kappa shape index (κ1) is 15.2. The Kier molecular flexibility index (Phi) is 6.17. The predicted octanol–water partition coefficient (Wildman–Crippen LogP) is 2.28. The molecule has 0 aromatic carbocycles. The van der Waals surface area contributed by atoms with E-state index in [2.05, 4.69) is 22.2 Å². The lowest BCUT2D eigenvalue weighted by atomic mass is 10.3. The minimum Gasteiger partial charge on any atom is -0.381 e. The standard InChI is InChI=1S/C14H21N3O2S/c1-2-3-7-19-8-4-6-15-10-12-16-11-5-9-20-13(11)14(18)17-12/h5,9,15H,2-4,6-8,10H2,1H3,(H,16,17,18). The van der Waals surface area contributed by atoms with Gasteiger partial charge in [-0.2, -0.15) is 0 Å². The third kappa shape index (κ3) is 4.40. The zero-order valence-electron chi connectivity index (χ0n) is 11.8. The summed E-state index contributed by atoms with van der Waals surface area (Å²) < 4.78 is 6.17. The van der Waals surface area contributed by atoms with Crippen molar-refractivity contribution < 1.29 is 4.74 Å². The zero-order chi connectivity index (χ0) is 14.2. The number of thiophene rings is 1. The van der Waals surface area contributed by atoms with Gasteiger partial charge in [0.25, 0.3) is 5.56 Å². The summed E-state index contributed by atoms with van der Waals surface area (Å²) in [6, 6.07) is 1.88. The van der Waals surface area contributed by atoms with Gasteiger partial charge in [0.1, 0.15) is 10.5 Å². The Bertz CT molecular complexity index is 579. The highest BCUT2D eigenvalue weighted by atomic mass is 32.1. The van der Waals surface area contributed by atoms with Crippen LogP contribution in [0.2, 0.25) is 0 Å². The maximum Gasteiger partial charge on any atom is 0.268 e. The Hall–Kier alpha value is -1.24. The maximum absolute atomic E-state index is 11.8. The predicted molar refractivity (Wildman–Crippen MR) is 82.3 cm³/mol. The fraction of sp³-hybridized carbons (Fsp3) is 0.571. The third-order valence-electron chi connectivity index (χ3n) is 2.94. The van der Waals surface area contributed by atoms with E-state index < -0.39 is 0 Å². The average Bonchev–Trinajstić information content (AvgIpc) is 2.91. The highest BCUT2D eigenvalue weighted by molar-refractivity contribution is 7.17. The van der Waals surface area contributed by atoms with Crippen LogP contribution in [0.1, 0.15) is 32.0 Å². The molecule has 0 bridgehead atoms. The van der Waals surface area contributed by atoms with E-state index in [9.17, 15) is 4.79 Å². The maximum atomic E-state index is 11.8. The molecule has 0 aliphatic carbocycles. The van der Waals surface area contributed by atoms with Crippen molar-refractivity contribution in [3.05, 3.63) is 27.6 Å². The van der Waals surface area contributed by atoms with E-state index in [-0.39, 0.29) is 5.56 Å². The van der Waals surface area contributed by atoms with Crippen LogP contribution in [0.15, 0.2) is 16.2 Å². The monoisotopic (exact) mass is 295 g/mol. The molecule has 2 rings (SSSR count). The van der Waals surface area contributed by atoms with E-state index in [0.29, 0.717) is 17.1 Å². The number of ether oxygens (including phenoxy) is 1. The summed E-state index contributed by atoms with van der Waals surface area (Å²) in [5.74, 6) is 0.688. The highest BCUT2D eigenvalue weighted by Gasteiger charge is 2.04. The van der Waals surface area contributed by atoms with Gasteiger partial charge >= 0.3 is 0 Å². The Morgan fingerprint density at radius 2 is 2.25 bits per heavy atom. The molecule has 110 valence electrons. The second kappa shape index (κ2) is 8.14. The molecule has 0 saturated heterocycles. The van der Waals surface area contributed by atoms with Crippen molar-refractivity contribution in [2.24, 2.45) is 0 Å². The SMILES string of the molecule is CCCCOCCCNCc1nc2ccsc2c(=O)[nH]1. The minimum absolute atomic E-state index is 0.0512. The molecule has 0 aliphatic heterocycles. The van der Waals surface area contributed by atoms with Crippen molar-refractivity contribution >= 4 is 21.6 Å². The molecule has 0 amide bonds. The summed E-state index contributed by atoms with van der Waals surface area (Å²) in [6.45, 7) is 5.22. The second-order valence-corrected chi connectivity index (χ2v) is 5.56. The fourth-order valence-electron chi connectivity index (χ4n) is 1.86. The molecule has 0 radical (unpaired) electrons. The Labute approximate surface area is 122 Å². The minimum atomic E-state index is -0.0512. The van der Waals surface area contributed by atoms with Gasteiger partial charge in [-0.05, 0) is 30.8 Å². The van der Waals surface area contributed by atoms with Crippen LogP contribution in [0.25, 0.3) is 10.2 Å². The first-order valence-corrected chi connectivity index (χ1v) is 7.94. The van der Waals surface area contributed by atoms with Crippen molar-refractivity contribution in [2.45, 2.75) is 32.7 Å². The number of nitrogens with zero attached hydrogens (tertiary/aromatic N) is 1. The van der Waals surface area contributed by atoms with Crippen LogP contribution in [-0.2, 0) is 11.3 Å². The van der Waals surface area contributed by atoms with Gasteiger partial charge in [0, 0.05) is 13.2 Å². The Balaban J connectivity index is 1.69. The quantitative estimate of drug-likeness (QED) is 0.697. The molecule has 0 saturated carbocycles. The molecule has 0 atom stereocenters. The average molecular weight is 295 g/mol. The first-order valence-electron chi connectivity index (χ1n) is 7.06. The van der Waals surface area contributed by atoms with Crippen molar-refractivity contribution in [1.82, 2.24) is 15.3 Å². The highest BCUT2D eigenvalue weighted by Crippen LogP contribution is 2.13. The molecule has 2 N–H and O–H groups in total. The van der Waals surface area contributed by atoms with Crippen LogP contribution < -0.4 is 10.9 Å². The summed E-state index contributed by atoms with van der Waals surface area (Å²) in [5, 5.41) is 5.15. The number of rotatable bonds is 9. The number of aromatic nitrogens is 2. The Morgan fingerprint density at radius 3 is 3.10 bits per heavy atom. The number of fused-ring (bicyclic) bond motifs is 1. The molecule has 2 aromatic rings. The molecule has 0 aliphatic rings. The molecule has 6 heteroatoms. The van der Waals surface area contributed by atoms with Gasteiger partial charge in [0.2, 0.25) is 0 Å². The number of H-pyrrole nitrogens is 1. The zero-order valence-corrected chi connectivity index (χ0v) is 12.6. The normalized spacial score (nSPS) is 11.2. The van der Waals surface area contributed by atoms with Crippen LogP contribution in [0.3, 0.4) is 0 Å². The van der Waals surface area contributed by atoms with Gasteiger partial charge in [-0.15, -0.1) is 11.3 Å². The molecule has 0 spiro atoms. The molecular weight excluding hydrogens is 274 g/mol. The number of hydrogen-bond donors (Lipinski definition) is 2. The van der Waals surface area contributed by atoms with Crippen LogP contribution in [0, 0.1) is 0 Å². The molecular formula is C14H21N3O2S. The van der Waals surface area contributed by atoms with E-state index >= 15 is 0 Å². The van der Waals surface area contributed by atoms with Crippen LogP contribution in [-0.4, -0.2) is 29.7 Å². The van der Waals surface area contributed by atoms with E-state index in [1.807, 2.05) is 11.4 Å². The van der Waals surface area contributed by atoms with Crippen molar-refractivity contribution in [2.75, 3.05) is 19.8 Å². The topological polar surface area (TPSA) is 67.0 Å². The first-order chi connectivity index (χ1) is 9.81. The smallest absolute Gasteiger partial charge is 0.268 e. The molecule has 0 unspecified atom stereocenters. The summed E-state index contributed by atoms with van der Waals surface area (Å²) in [4.78, 5) is 19.0. The van der Waals surface area contributed by atoms with Gasteiger partial charge < -0.3 is 15.0 Å². The van der Waals surface area contributed by atoms with Crippen molar-refractivity contribution in [3.63, 3.8) is 0 Å². The van der Waals surface area contributed by atoms with Gasteiger partial charge in [-0.1, -0.05) is 13.3 Å².